The van der Waals surface area contributed by atoms with Gasteiger partial charge in [0.2, 0.25) is 0 Å². The van der Waals surface area contributed by atoms with Crippen LogP contribution in [-0.2, 0) is 12.0 Å². The maximum absolute atomic E-state index is 13.1. The van der Waals surface area contributed by atoms with E-state index in [9.17, 15) is 14.9 Å². The molecule has 0 radical (unpaired) electrons. The number of amides is 1. The van der Waals surface area contributed by atoms with Crippen LogP contribution in [0.3, 0.4) is 0 Å². The van der Waals surface area contributed by atoms with Crippen molar-refractivity contribution in [1.29, 1.82) is 0 Å². The standard InChI is InChI=1S/C21H28N4O5S/c1-21(2,3)18-13-31-19(22-18)12-23-6-8-24(9-7-23)20(26)14-10-16(29-4)17(30-5)11-15(14)25(27)28/h10-11,13H,6-9,12H2,1-5H3. The van der Waals surface area contributed by atoms with E-state index in [2.05, 4.69) is 31.1 Å². The molecule has 0 aliphatic carbocycles. The van der Waals surface area contributed by atoms with Crippen molar-refractivity contribution in [3.05, 3.63) is 43.9 Å². The van der Waals surface area contributed by atoms with Crippen molar-refractivity contribution in [3.8, 4) is 11.5 Å². The van der Waals surface area contributed by atoms with Gasteiger partial charge in [-0.15, -0.1) is 11.3 Å². The number of thiazole rings is 1. The van der Waals surface area contributed by atoms with Crippen molar-refractivity contribution in [2.24, 2.45) is 0 Å². The lowest BCUT2D eigenvalue weighted by molar-refractivity contribution is -0.385. The summed E-state index contributed by atoms with van der Waals surface area (Å²) in [7, 11) is 2.83. The van der Waals surface area contributed by atoms with Crippen LogP contribution in [0, 0.1) is 10.1 Å². The maximum atomic E-state index is 13.1. The number of nitrogens with zero attached hydrogens (tertiary/aromatic N) is 4. The van der Waals surface area contributed by atoms with Gasteiger partial charge in [-0.1, -0.05) is 20.8 Å². The number of nitro groups is 1. The zero-order valence-corrected chi connectivity index (χ0v) is 19.3. The summed E-state index contributed by atoms with van der Waals surface area (Å²) in [5.74, 6) is 0.124. The van der Waals surface area contributed by atoms with E-state index >= 15 is 0 Å². The fourth-order valence-electron chi connectivity index (χ4n) is 3.39. The van der Waals surface area contributed by atoms with Gasteiger partial charge in [-0.2, -0.15) is 0 Å². The second kappa shape index (κ2) is 9.19. The molecule has 1 aliphatic heterocycles. The highest BCUT2D eigenvalue weighted by Gasteiger charge is 2.30. The molecule has 1 aliphatic rings. The molecule has 1 aromatic carbocycles. The van der Waals surface area contributed by atoms with E-state index in [0.717, 1.165) is 17.2 Å². The van der Waals surface area contributed by atoms with E-state index in [0.29, 0.717) is 26.2 Å². The van der Waals surface area contributed by atoms with E-state index in [-0.39, 0.29) is 34.1 Å². The zero-order chi connectivity index (χ0) is 22.8. The van der Waals surface area contributed by atoms with Gasteiger partial charge < -0.3 is 14.4 Å². The normalized spacial score (nSPS) is 15.1. The van der Waals surface area contributed by atoms with Crippen LogP contribution in [0.15, 0.2) is 17.5 Å². The van der Waals surface area contributed by atoms with Crippen molar-refractivity contribution >= 4 is 22.9 Å². The smallest absolute Gasteiger partial charge is 0.286 e. The Morgan fingerprint density at radius 1 is 1.16 bits per heavy atom. The molecule has 0 atom stereocenters. The third-order valence-corrected chi connectivity index (χ3v) is 6.10. The zero-order valence-electron chi connectivity index (χ0n) is 18.5. The lowest BCUT2D eigenvalue weighted by atomic mass is 9.93. The second-order valence-corrected chi connectivity index (χ2v) is 9.37. The maximum Gasteiger partial charge on any atom is 0.286 e. The van der Waals surface area contributed by atoms with Crippen LogP contribution < -0.4 is 9.47 Å². The SMILES string of the molecule is COc1cc(C(=O)N2CCN(Cc3nc(C(C)(C)C)cs3)CC2)c([N+](=O)[O-])cc1OC. The van der Waals surface area contributed by atoms with Gasteiger partial charge in [0.05, 0.1) is 37.4 Å². The minimum Gasteiger partial charge on any atom is -0.493 e. The molecule has 2 heterocycles. The summed E-state index contributed by atoms with van der Waals surface area (Å²) in [6, 6.07) is 2.62. The molecule has 1 saturated heterocycles. The number of ether oxygens (including phenoxy) is 2. The predicted molar refractivity (Wildman–Crippen MR) is 118 cm³/mol. The van der Waals surface area contributed by atoms with E-state index in [1.807, 2.05) is 0 Å². The Morgan fingerprint density at radius 3 is 2.29 bits per heavy atom. The predicted octanol–water partition coefficient (Wildman–Crippen LogP) is 3.32. The highest BCUT2D eigenvalue weighted by Crippen LogP contribution is 2.35. The molecule has 1 fully saturated rings. The number of hydrogen-bond acceptors (Lipinski definition) is 8. The van der Waals surface area contributed by atoms with Crippen molar-refractivity contribution in [2.45, 2.75) is 32.7 Å². The number of carbonyl (C=O) groups excluding carboxylic acids is 1. The average Bonchev–Trinajstić information content (AvgIpc) is 3.21. The van der Waals surface area contributed by atoms with Gasteiger partial charge in [-0.05, 0) is 0 Å². The van der Waals surface area contributed by atoms with Gasteiger partial charge in [0, 0.05) is 43.0 Å². The summed E-state index contributed by atoms with van der Waals surface area (Å²) < 4.78 is 10.4. The van der Waals surface area contributed by atoms with E-state index in [1.54, 1.807) is 16.2 Å². The van der Waals surface area contributed by atoms with Crippen LogP contribution >= 0.6 is 11.3 Å². The number of benzene rings is 1. The largest absolute Gasteiger partial charge is 0.493 e. The van der Waals surface area contributed by atoms with Crippen molar-refractivity contribution < 1.29 is 19.2 Å². The van der Waals surface area contributed by atoms with Gasteiger partial charge in [0.25, 0.3) is 11.6 Å². The molecule has 1 amide bonds. The van der Waals surface area contributed by atoms with Crippen molar-refractivity contribution in [2.75, 3.05) is 40.4 Å². The monoisotopic (exact) mass is 448 g/mol. The first-order chi connectivity index (χ1) is 14.6. The molecule has 0 spiro atoms. The van der Waals surface area contributed by atoms with Gasteiger partial charge in [0.1, 0.15) is 10.6 Å². The fourth-order valence-corrected chi connectivity index (χ4v) is 4.45. The molecule has 168 valence electrons. The third-order valence-electron chi connectivity index (χ3n) is 5.27. The first-order valence-corrected chi connectivity index (χ1v) is 10.9. The molecule has 0 unspecified atom stereocenters. The summed E-state index contributed by atoms with van der Waals surface area (Å²) in [4.78, 5) is 32.7. The Bertz CT molecular complexity index is 961. The van der Waals surface area contributed by atoms with Crippen molar-refractivity contribution in [1.82, 2.24) is 14.8 Å². The highest BCUT2D eigenvalue weighted by atomic mass is 32.1. The van der Waals surface area contributed by atoms with E-state index < -0.39 is 4.92 Å². The van der Waals surface area contributed by atoms with Gasteiger partial charge in [-0.3, -0.25) is 19.8 Å². The Hall–Kier alpha value is -2.72. The summed E-state index contributed by atoms with van der Waals surface area (Å²) in [6.45, 7) is 9.49. The first-order valence-electron chi connectivity index (χ1n) is 10.0. The molecule has 31 heavy (non-hydrogen) atoms. The quantitative estimate of drug-likeness (QED) is 0.494. The lowest BCUT2D eigenvalue weighted by Gasteiger charge is -2.34. The molecular weight excluding hydrogens is 420 g/mol. The average molecular weight is 449 g/mol. The molecule has 1 aromatic heterocycles. The molecule has 10 heteroatoms. The number of carbonyl (C=O) groups is 1. The number of piperazine rings is 1. The Balaban J connectivity index is 1.69. The van der Waals surface area contributed by atoms with Crippen LogP contribution in [0.2, 0.25) is 0 Å². The Kier molecular flexibility index (Phi) is 6.80. The van der Waals surface area contributed by atoms with Crippen LogP contribution in [-0.4, -0.2) is 66.0 Å². The fraction of sp³-hybridized carbons (Fsp3) is 0.524. The molecule has 0 bridgehead atoms. The van der Waals surface area contributed by atoms with Gasteiger partial charge in [0.15, 0.2) is 11.5 Å². The second-order valence-electron chi connectivity index (χ2n) is 8.43. The summed E-state index contributed by atoms with van der Waals surface area (Å²) in [5, 5.41) is 14.7. The van der Waals surface area contributed by atoms with Crippen LogP contribution in [0.4, 0.5) is 5.69 Å². The van der Waals surface area contributed by atoms with E-state index in [4.69, 9.17) is 14.5 Å². The van der Waals surface area contributed by atoms with Crippen LogP contribution in [0.5, 0.6) is 11.5 Å². The van der Waals surface area contributed by atoms with Crippen LogP contribution in [0.25, 0.3) is 0 Å². The molecule has 9 nitrogen and oxygen atoms in total. The lowest BCUT2D eigenvalue weighted by Crippen LogP contribution is -2.48. The number of methoxy groups -OCH3 is 2. The summed E-state index contributed by atoms with van der Waals surface area (Å²) in [5.41, 5.74) is 0.823. The minimum absolute atomic E-state index is 0.00541. The molecule has 2 aromatic rings. The molecule has 0 saturated carbocycles. The number of rotatable bonds is 6. The Morgan fingerprint density at radius 2 is 1.77 bits per heavy atom. The van der Waals surface area contributed by atoms with Crippen molar-refractivity contribution in [3.63, 3.8) is 0 Å². The van der Waals surface area contributed by atoms with Gasteiger partial charge >= 0.3 is 0 Å². The summed E-state index contributed by atoms with van der Waals surface area (Å²) >= 11 is 1.65. The highest BCUT2D eigenvalue weighted by molar-refractivity contribution is 7.09. The first kappa shape index (κ1) is 23.0. The third kappa shape index (κ3) is 5.13. The molecule has 0 N–H and O–H groups in total. The molecular formula is C21H28N4O5S. The van der Waals surface area contributed by atoms with E-state index in [1.165, 1.54) is 26.4 Å². The number of hydrogen-bond donors (Lipinski definition) is 0. The number of aromatic nitrogens is 1. The topological polar surface area (TPSA) is 98.0 Å². The Labute approximate surface area is 185 Å². The summed E-state index contributed by atoms with van der Waals surface area (Å²) in [6.07, 6.45) is 0. The minimum atomic E-state index is -0.569. The number of nitro benzene ring substituents is 1. The van der Waals surface area contributed by atoms with Crippen LogP contribution in [0.1, 0.15) is 41.8 Å². The molecule has 3 rings (SSSR count). The van der Waals surface area contributed by atoms with Gasteiger partial charge in [-0.25, -0.2) is 4.98 Å².